The van der Waals surface area contributed by atoms with Crippen molar-refractivity contribution >= 4 is 5.91 Å². The highest BCUT2D eigenvalue weighted by atomic mass is 16.2. The second-order valence-electron chi connectivity index (χ2n) is 6.23. The SMILES string of the molecule is Cc1cccnc1CN1CCN(C(=O)c2cc(-n3cnnn3)n[nH]2)CC1. The molecule has 1 amide bonds. The summed E-state index contributed by atoms with van der Waals surface area (Å²) in [6.07, 6.45) is 3.26. The third-order valence-corrected chi connectivity index (χ3v) is 4.53. The van der Waals surface area contributed by atoms with Crippen molar-refractivity contribution in [2.75, 3.05) is 26.2 Å². The number of carbonyl (C=O) groups excluding carboxylic acids is 1. The molecular weight excluding hydrogens is 334 g/mol. The highest BCUT2D eigenvalue weighted by molar-refractivity contribution is 5.92. The van der Waals surface area contributed by atoms with Crippen LogP contribution in [0.15, 0.2) is 30.7 Å². The maximum Gasteiger partial charge on any atom is 0.272 e. The Morgan fingerprint density at radius 2 is 2.12 bits per heavy atom. The first kappa shape index (κ1) is 16.3. The average molecular weight is 353 g/mol. The molecule has 1 aliphatic rings. The van der Waals surface area contributed by atoms with Crippen molar-refractivity contribution in [2.24, 2.45) is 0 Å². The van der Waals surface area contributed by atoms with E-state index < -0.39 is 0 Å². The Hall–Kier alpha value is -3.14. The zero-order valence-electron chi connectivity index (χ0n) is 14.4. The van der Waals surface area contributed by atoms with Gasteiger partial charge in [0.25, 0.3) is 5.91 Å². The molecule has 4 heterocycles. The van der Waals surface area contributed by atoms with Gasteiger partial charge in [-0.3, -0.25) is 19.8 Å². The quantitative estimate of drug-likeness (QED) is 0.706. The first-order valence-corrected chi connectivity index (χ1v) is 8.41. The van der Waals surface area contributed by atoms with Gasteiger partial charge < -0.3 is 4.90 Å². The Balaban J connectivity index is 1.36. The summed E-state index contributed by atoms with van der Waals surface area (Å²) < 4.78 is 1.40. The highest BCUT2D eigenvalue weighted by Gasteiger charge is 2.24. The molecule has 1 saturated heterocycles. The molecule has 10 heteroatoms. The molecule has 0 unspecified atom stereocenters. The molecule has 0 aliphatic carbocycles. The Labute approximate surface area is 149 Å². The maximum absolute atomic E-state index is 12.7. The summed E-state index contributed by atoms with van der Waals surface area (Å²) in [6.45, 7) is 5.85. The van der Waals surface area contributed by atoms with Crippen LogP contribution in [0, 0.1) is 6.92 Å². The minimum Gasteiger partial charge on any atom is -0.335 e. The zero-order chi connectivity index (χ0) is 17.9. The van der Waals surface area contributed by atoms with Crippen LogP contribution in [-0.4, -0.2) is 77.3 Å². The predicted molar refractivity (Wildman–Crippen MR) is 91.5 cm³/mol. The van der Waals surface area contributed by atoms with Gasteiger partial charge in [-0.15, -0.1) is 5.10 Å². The van der Waals surface area contributed by atoms with E-state index in [2.05, 4.69) is 48.6 Å². The smallest absolute Gasteiger partial charge is 0.272 e. The molecule has 1 N–H and O–H groups in total. The molecule has 134 valence electrons. The Bertz CT molecular complexity index is 881. The summed E-state index contributed by atoms with van der Waals surface area (Å²) >= 11 is 0. The van der Waals surface area contributed by atoms with Crippen LogP contribution in [0.4, 0.5) is 0 Å². The van der Waals surface area contributed by atoms with Crippen molar-refractivity contribution in [1.82, 2.24) is 45.2 Å². The molecule has 4 rings (SSSR count). The number of nitrogens with one attached hydrogen (secondary N) is 1. The van der Waals surface area contributed by atoms with Crippen LogP contribution >= 0.6 is 0 Å². The second kappa shape index (κ2) is 7.00. The first-order chi connectivity index (χ1) is 12.7. The van der Waals surface area contributed by atoms with Crippen molar-refractivity contribution in [2.45, 2.75) is 13.5 Å². The lowest BCUT2D eigenvalue weighted by Gasteiger charge is -2.34. The van der Waals surface area contributed by atoms with Gasteiger partial charge in [0.15, 0.2) is 5.82 Å². The number of nitrogens with zero attached hydrogens (tertiary/aromatic N) is 8. The van der Waals surface area contributed by atoms with Crippen LogP contribution in [0.2, 0.25) is 0 Å². The van der Waals surface area contributed by atoms with E-state index >= 15 is 0 Å². The van der Waals surface area contributed by atoms with E-state index in [1.54, 1.807) is 6.07 Å². The number of carbonyl (C=O) groups is 1. The fraction of sp³-hybridized carbons (Fsp3) is 0.375. The number of aryl methyl sites for hydroxylation is 1. The number of aromatic amines is 1. The molecule has 1 aliphatic heterocycles. The van der Waals surface area contributed by atoms with Crippen LogP contribution in [0.3, 0.4) is 0 Å². The minimum atomic E-state index is -0.0644. The lowest BCUT2D eigenvalue weighted by molar-refractivity contribution is 0.0621. The van der Waals surface area contributed by atoms with Gasteiger partial charge in [-0.1, -0.05) is 6.07 Å². The van der Waals surface area contributed by atoms with E-state index in [1.165, 1.54) is 16.6 Å². The predicted octanol–water partition coefficient (Wildman–Crippen LogP) is 0.0468. The lowest BCUT2D eigenvalue weighted by atomic mass is 10.2. The number of pyridine rings is 1. The van der Waals surface area contributed by atoms with E-state index in [0.717, 1.165) is 25.3 Å². The van der Waals surface area contributed by atoms with Gasteiger partial charge in [0.05, 0.1) is 5.69 Å². The maximum atomic E-state index is 12.7. The molecule has 0 aromatic carbocycles. The molecule has 0 atom stereocenters. The van der Waals surface area contributed by atoms with Crippen molar-refractivity contribution in [3.8, 4) is 5.82 Å². The minimum absolute atomic E-state index is 0.0644. The number of tetrazole rings is 1. The molecule has 0 bridgehead atoms. The summed E-state index contributed by atoms with van der Waals surface area (Å²) in [4.78, 5) is 21.3. The van der Waals surface area contributed by atoms with Crippen LogP contribution in [0.5, 0.6) is 0 Å². The van der Waals surface area contributed by atoms with Gasteiger partial charge in [0, 0.05) is 45.0 Å². The molecule has 0 spiro atoms. The summed E-state index contributed by atoms with van der Waals surface area (Å²) in [5.41, 5.74) is 2.72. The number of piperazine rings is 1. The Kier molecular flexibility index (Phi) is 4.40. The van der Waals surface area contributed by atoms with Crippen LogP contribution < -0.4 is 0 Å². The van der Waals surface area contributed by atoms with Gasteiger partial charge in [-0.25, -0.2) is 0 Å². The topological polar surface area (TPSA) is 109 Å². The van der Waals surface area contributed by atoms with Crippen LogP contribution in [-0.2, 0) is 6.54 Å². The monoisotopic (exact) mass is 353 g/mol. The van der Waals surface area contributed by atoms with Crippen molar-refractivity contribution in [1.29, 1.82) is 0 Å². The zero-order valence-corrected chi connectivity index (χ0v) is 14.4. The lowest BCUT2D eigenvalue weighted by Crippen LogP contribution is -2.48. The number of rotatable bonds is 4. The molecule has 0 saturated carbocycles. The van der Waals surface area contributed by atoms with E-state index in [1.807, 2.05) is 17.2 Å². The molecule has 1 fully saturated rings. The van der Waals surface area contributed by atoms with Gasteiger partial charge in [0.1, 0.15) is 12.0 Å². The standard InChI is InChI=1S/C16H19N9O/c1-12-3-2-4-17-14(12)10-23-5-7-24(8-6-23)16(26)13-9-15(20-19-13)25-11-18-21-22-25/h2-4,9,11H,5-8,10H2,1H3,(H,19,20). The van der Waals surface area contributed by atoms with Gasteiger partial charge in [-0.05, 0) is 29.0 Å². The van der Waals surface area contributed by atoms with Gasteiger partial charge in [0.2, 0.25) is 0 Å². The molecule has 3 aromatic rings. The van der Waals surface area contributed by atoms with E-state index in [9.17, 15) is 4.79 Å². The van der Waals surface area contributed by atoms with E-state index in [4.69, 9.17) is 0 Å². The van der Waals surface area contributed by atoms with Crippen molar-refractivity contribution in [3.63, 3.8) is 0 Å². The molecule has 0 radical (unpaired) electrons. The van der Waals surface area contributed by atoms with Crippen molar-refractivity contribution in [3.05, 3.63) is 47.7 Å². The van der Waals surface area contributed by atoms with Crippen molar-refractivity contribution < 1.29 is 4.79 Å². The number of H-pyrrole nitrogens is 1. The fourth-order valence-corrected chi connectivity index (χ4v) is 2.98. The fourth-order valence-electron chi connectivity index (χ4n) is 2.98. The van der Waals surface area contributed by atoms with Crippen LogP contribution in [0.1, 0.15) is 21.7 Å². The first-order valence-electron chi connectivity index (χ1n) is 8.41. The number of hydrogen-bond donors (Lipinski definition) is 1. The molecular formula is C16H19N9O. The highest BCUT2D eigenvalue weighted by Crippen LogP contribution is 2.13. The van der Waals surface area contributed by atoms with Gasteiger partial charge in [-0.2, -0.15) is 9.78 Å². The largest absolute Gasteiger partial charge is 0.335 e. The summed E-state index contributed by atoms with van der Waals surface area (Å²) in [7, 11) is 0. The Morgan fingerprint density at radius 3 is 2.85 bits per heavy atom. The Morgan fingerprint density at radius 1 is 1.27 bits per heavy atom. The normalized spacial score (nSPS) is 15.3. The second-order valence-corrected chi connectivity index (χ2v) is 6.23. The number of hydrogen-bond acceptors (Lipinski definition) is 7. The van der Waals surface area contributed by atoms with Crippen LogP contribution in [0.25, 0.3) is 5.82 Å². The van der Waals surface area contributed by atoms with E-state index in [-0.39, 0.29) is 5.91 Å². The third kappa shape index (κ3) is 3.31. The third-order valence-electron chi connectivity index (χ3n) is 4.53. The summed E-state index contributed by atoms with van der Waals surface area (Å²) in [5, 5.41) is 17.7. The molecule has 3 aromatic heterocycles. The summed E-state index contributed by atoms with van der Waals surface area (Å²) in [5.74, 6) is 0.424. The van der Waals surface area contributed by atoms with Gasteiger partial charge >= 0.3 is 0 Å². The molecule has 26 heavy (non-hydrogen) atoms. The number of aromatic nitrogens is 7. The average Bonchev–Trinajstić information content (AvgIpc) is 3.35. The van der Waals surface area contributed by atoms with E-state index in [0.29, 0.717) is 24.6 Å². The number of amides is 1. The molecule has 10 nitrogen and oxygen atoms in total. The summed E-state index contributed by atoms with van der Waals surface area (Å²) in [6, 6.07) is 5.67.